The molecule has 0 saturated carbocycles. The van der Waals surface area contributed by atoms with Gasteiger partial charge < -0.3 is 4.90 Å². The van der Waals surface area contributed by atoms with Crippen LogP contribution in [0.25, 0.3) is 0 Å². The molecular weight excluding hydrogens is 170 g/mol. The molecule has 0 N–H and O–H groups in total. The summed E-state index contributed by atoms with van der Waals surface area (Å²) in [5, 5.41) is 0. The fourth-order valence-corrected chi connectivity index (χ4v) is 1.36. The van der Waals surface area contributed by atoms with E-state index in [1.807, 2.05) is 0 Å². The zero-order valence-electron chi connectivity index (χ0n) is 10.8. The third-order valence-corrected chi connectivity index (χ3v) is 2.91. The predicted octanol–water partition coefficient (Wildman–Crippen LogP) is 3.91. The largest absolute Gasteiger partial charge is 0.381 e. The summed E-state index contributed by atoms with van der Waals surface area (Å²) in [4.78, 5) is 2.28. The van der Waals surface area contributed by atoms with Gasteiger partial charge in [0.1, 0.15) is 0 Å². The molecule has 1 heteroatoms. The first kappa shape index (κ1) is 13.5. The molecule has 0 radical (unpaired) electrons. The Morgan fingerprint density at radius 3 is 2.14 bits per heavy atom. The molecule has 1 nitrogen and oxygen atoms in total. The van der Waals surface area contributed by atoms with E-state index < -0.39 is 0 Å². The van der Waals surface area contributed by atoms with Gasteiger partial charge in [-0.15, -0.1) is 0 Å². The van der Waals surface area contributed by atoms with Crippen molar-refractivity contribution >= 4 is 0 Å². The fraction of sp³-hybridized carbons (Fsp3) is 0.846. The number of hydrogen-bond donors (Lipinski definition) is 0. The van der Waals surface area contributed by atoms with E-state index in [2.05, 4.69) is 52.8 Å². The van der Waals surface area contributed by atoms with Gasteiger partial charge in [0, 0.05) is 13.6 Å². The molecule has 0 aliphatic carbocycles. The van der Waals surface area contributed by atoms with Gasteiger partial charge in [-0.1, -0.05) is 39.7 Å². The van der Waals surface area contributed by atoms with E-state index in [-0.39, 0.29) is 0 Å². The molecular formula is C13H27N. The van der Waals surface area contributed by atoms with Crippen molar-refractivity contribution in [3.63, 3.8) is 0 Å². The second kappa shape index (κ2) is 6.92. The van der Waals surface area contributed by atoms with Crippen LogP contribution in [0.5, 0.6) is 0 Å². The first-order valence-electron chi connectivity index (χ1n) is 5.92. The highest BCUT2D eigenvalue weighted by molar-refractivity contribution is 5.04. The SMILES string of the molecule is CCC(C)C/C(=C\N(C)CC)C(C)C. The van der Waals surface area contributed by atoms with Crippen LogP contribution < -0.4 is 0 Å². The van der Waals surface area contributed by atoms with Gasteiger partial charge in [-0.2, -0.15) is 0 Å². The third kappa shape index (κ3) is 5.31. The van der Waals surface area contributed by atoms with Crippen LogP contribution in [0.2, 0.25) is 0 Å². The van der Waals surface area contributed by atoms with E-state index in [9.17, 15) is 0 Å². The van der Waals surface area contributed by atoms with Gasteiger partial charge in [-0.3, -0.25) is 0 Å². The van der Waals surface area contributed by atoms with Crippen molar-refractivity contribution in [3.05, 3.63) is 11.8 Å². The molecule has 0 aliphatic rings. The van der Waals surface area contributed by atoms with Crippen LogP contribution in [-0.4, -0.2) is 18.5 Å². The maximum absolute atomic E-state index is 2.34. The second-order valence-electron chi connectivity index (χ2n) is 4.65. The van der Waals surface area contributed by atoms with Crippen molar-refractivity contribution in [1.29, 1.82) is 0 Å². The summed E-state index contributed by atoms with van der Waals surface area (Å²) >= 11 is 0. The van der Waals surface area contributed by atoms with E-state index in [0.717, 1.165) is 12.5 Å². The Kier molecular flexibility index (Phi) is 6.69. The molecule has 0 amide bonds. The zero-order chi connectivity index (χ0) is 11.1. The summed E-state index contributed by atoms with van der Waals surface area (Å²) in [6.45, 7) is 12.5. The average molecular weight is 197 g/mol. The van der Waals surface area contributed by atoms with Gasteiger partial charge in [-0.05, 0) is 31.4 Å². The van der Waals surface area contributed by atoms with Crippen LogP contribution in [0.3, 0.4) is 0 Å². The van der Waals surface area contributed by atoms with Crippen molar-refractivity contribution in [3.8, 4) is 0 Å². The van der Waals surface area contributed by atoms with Crippen LogP contribution in [0.4, 0.5) is 0 Å². The van der Waals surface area contributed by atoms with Crippen LogP contribution >= 0.6 is 0 Å². The molecule has 0 fully saturated rings. The van der Waals surface area contributed by atoms with Gasteiger partial charge >= 0.3 is 0 Å². The lowest BCUT2D eigenvalue weighted by Gasteiger charge is -2.20. The Morgan fingerprint density at radius 2 is 1.79 bits per heavy atom. The van der Waals surface area contributed by atoms with E-state index >= 15 is 0 Å². The Labute approximate surface area is 90.2 Å². The molecule has 0 aromatic heterocycles. The zero-order valence-corrected chi connectivity index (χ0v) is 10.8. The first-order valence-corrected chi connectivity index (χ1v) is 5.92. The lowest BCUT2D eigenvalue weighted by Crippen LogP contribution is -2.13. The van der Waals surface area contributed by atoms with Gasteiger partial charge in [-0.25, -0.2) is 0 Å². The van der Waals surface area contributed by atoms with Crippen LogP contribution in [0.15, 0.2) is 11.8 Å². The highest BCUT2D eigenvalue weighted by Gasteiger charge is 2.08. The summed E-state index contributed by atoms with van der Waals surface area (Å²) in [6.07, 6.45) is 4.86. The van der Waals surface area contributed by atoms with Crippen molar-refractivity contribution in [1.82, 2.24) is 4.90 Å². The molecule has 0 heterocycles. The van der Waals surface area contributed by atoms with E-state index in [0.29, 0.717) is 5.92 Å². The number of nitrogens with zero attached hydrogens (tertiary/aromatic N) is 1. The summed E-state index contributed by atoms with van der Waals surface area (Å²) in [6, 6.07) is 0. The quantitative estimate of drug-likeness (QED) is 0.624. The van der Waals surface area contributed by atoms with Gasteiger partial charge in [0.15, 0.2) is 0 Å². The molecule has 0 aliphatic heterocycles. The number of rotatable bonds is 6. The normalized spacial score (nSPS) is 14.6. The van der Waals surface area contributed by atoms with Crippen LogP contribution in [-0.2, 0) is 0 Å². The monoisotopic (exact) mass is 197 g/mol. The lowest BCUT2D eigenvalue weighted by molar-refractivity contribution is 0.455. The Morgan fingerprint density at radius 1 is 1.21 bits per heavy atom. The summed E-state index contributed by atoms with van der Waals surface area (Å²) < 4.78 is 0. The molecule has 14 heavy (non-hydrogen) atoms. The van der Waals surface area contributed by atoms with Crippen molar-refractivity contribution in [2.24, 2.45) is 11.8 Å². The predicted molar refractivity (Wildman–Crippen MR) is 65.3 cm³/mol. The Hall–Kier alpha value is -0.460. The van der Waals surface area contributed by atoms with E-state index in [4.69, 9.17) is 0 Å². The van der Waals surface area contributed by atoms with Crippen molar-refractivity contribution < 1.29 is 0 Å². The molecule has 0 aromatic rings. The average Bonchev–Trinajstić information content (AvgIpc) is 2.16. The molecule has 1 unspecified atom stereocenters. The molecule has 0 spiro atoms. The molecule has 0 rings (SSSR count). The third-order valence-electron chi connectivity index (χ3n) is 2.91. The van der Waals surface area contributed by atoms with Crippen LogP contribution in [0.1, 0.15) is 47.5 Å². The number of allylic oxidation sites excluding steroid dienone is 1. The van der Waals surface area contributed by atoms with Crippen molar-refractivity contribution in [2.75, 3.05) is 13.6 Å². The van der Waals surface area contributed by atoms with Gasteiger partial charge in [0.05, 0.1) is 0 Å². The second-order valence-corrected chi connectivity index (χ2v) is 4.65. The smallest absolute Gasteiger partial charge is 0.0140 e. The van der Waals surface area contributed by atoms with Gasteiger partial charge in [0.2, 0.25) is 0 Å². The summed E-state index contributed by atoms with van der Waals surface area (Å²) in [5.74, 6) is 1.49. The van der Waals surface area contributed by atoms with Crippen LogP contribution in [0, 0.1) is 11.8 Å². The topological polar surface area (TPSA) is 3.24 Å². The fourth-order valence-electron chi connectivity index (χ4n) is 1.36. The standard InChI is InChI=1S/C13H27N/c1-7-12(5)9-13(11(3)4)10-14(6)8-2/h10-12H,7-9H2,1-6H3/b13-10+. The highest BCUT2D eigenvalue weighted by Crippen LogP contribution is 2.21. The minimum atomic E-state index is 0.679. The summed E-state index contributed by atoms with van der Waals surface area (Å²) in [5.41, 5.74) is 1.59. The van der Waals surface area contributed by atoms with Crippen molar-refractivity contribution in [2.45, 2.75) is 47.5 Å². The summed E-state index contributed by atoms with van der Waals surface area (Å²) in [7, 11) is 2.15. The minimum Gasteiger partial charge on any atom is -0.381 e. The maximum atomic E-state index is 2.34. The van der Waals surface area contributed by atoms with Gasteiger partial charge in [0.25, 0.3) is 0 Å². The van der Waals surface area contributed by atoms with E-state index in [1.54, 1.807) is 5.57 Å². The Bertz CT molecular complexity index is 170. The molecule has 1 atom stereocenters. The molecule has 0 saturated heterocycles. The first-order chi connectivity index (χ1) is 6.51. The Balaban J connectivity index is 4.36. The van der Waals surface area contributed by atoms with E-state index in [1.165, 1.54) is 12.8 Å². The molecule has 0 bridgehead atoms. The number of hydrogen-bond acceptors (Lipinski definition) is 1. The molecule has 84 valence electrons. The minimum absolute atomic E-state index is 0.679. The molecule has 0 aromatic carbocycles. The highest BCUT2D eigenvalue weighted by atomic mass is 15.1. The lowest BCUT2D eigenvalue weighted by atomic mass is 9.92. The maximum Gasteiger partial charge on any atom is 0.0140 e.